The number of hydrogen-bond acceptors (Lipinski definition) is 7. The van der Waals surface area contributed by atoms with Crippen LogP contribution in [0.25, 0.3) is 5.70 Å². The molecule has 0 bridgehead atoms. The van der Waals surface area contributed by atoms with Gasteiger partial charge in [0.2, 0.25) is 6.79 Å². The van der Waals surface area contributed by atoms with Gasteiger partial charge >= 0.3 is 0 Å². The minimum Gasteiger partial charge on any atom is -0.454 e. The predicted molar refractivity (Wildman–Crippen MR) is 134 cm³/mol. The van der Waals surface area contributed by atoms with Crippen LogP contribution in [0.15, 0.2) is 75.2 Å². The Kier molecular flexibility index (Phi) is 5.47. The van der Waals surface area contributed by atoms with Crippen LogP contribution in [0.5, 0.6) is 11.5 Å². The predicted octanol–water partition coefficient (Wildman–Crippen LogP) is 3.91. The molecule has 3 heterocycles. The van der Waals surface area contributed by atoms with Crippen LogP contribution in [-0.2, 0) is 10.5 Å². The number of carbonyl (C=O) groups is 1. The van der Waals surface area contributed by atoms with Crippen molar-refractivity contribution in [3.8, 4) is 11.5 Å². The summed E-state index contributed by atoms with van der Waals surface area (Å²) in [4.78, 5) is 18.3. The summed E-state index contributed by atoms with van der Waals surface area (Å²) in [6.45, 7) is 0.167. The zero-order valence-electron chi connectivity index (χ0n) is 17.5. The normalized spacial score (nSPS) is 18.0. The maximum absolute atomic E-state index is 13.3. The molecule has 10 heteroatoms. The zero-order valence-corrected chi connectivity index (χ0v) is 20.7. The van der Waals surface area contributed by atoms with E-state index in [0.29, 0.717) is 33.1 Å². The van der Waals surface area contributed by atoms with Gasteiger partial charge in [0, 0.05) is 26.0 Å². The number of benzene rings is 3. The Morgan fingerprint density at radius 2 is 1.88 bits per heavy atom. The molecule has 0 saturated carbocycles. The van der Waals surface area contributed by atoms with Crippen LogP contribution in [0.2, 0.25) is 5.02 Å². The molecule has 170 valence electrons. The van der Waals surface area contributed by atoms with Crippen molar-refractivity contribution in [2.24, 2.45) is 10.1 Å². The largest absolute Gasteiger partial charge is 0.454 e. The molecule has 0 radical (unpaired) electrons. The van der Waals surface area contributed by atoms with Crippen LogP contribution in [0.4, 0.5) is 0 Å². The van der Waals surface area contributed by atoms with Crippen molar-refractivity contribution >= 4 is 56.1 Å². The summed E-state index contributed by atoms with van der Waals surface area (Å²) in [5.74, 6) is 1.62. The standard InChI is InChI=1S/C24H16BrClN4O3S/c25-16-10-20-19(32-12-33-20)9-15(16)22-27-18-8-4-2-6-14(18)21-23(31)28-24(29-30(21)22)34-11-13-5-1-3-7-17(13)26/h1-10,22H,11-12H2,(H,28,29,31)/t22-/m0/s1. The molecule has 6 rings (SSSR count). The van der Waals surface area contributed by atoms with Gasteiger partial charge < -0.3 is 9.47 Å². The summed E-state index contributed by atoms with van der Waals surface area (Å²) >= 11 is 11.4. The van der Waals surface area contributed by atoms with E-state index in [-0.39, 0.29) is 12.7 Å². The molecule has 1 atom stereocenters. The molecule has 1 N–H and O–H groups in total. The Labute approximate surface area is 212 Å². The highest BCUT2D eigenvalue weighted by molar-refractivity contribution is 9.10. The first-order chi connectivity index (χ1) is 16.6. The third-order valence-corrected chi connectivity index (χ3v) is 7.58. The van der Waals surface area contributed by atoms with Gasteiger partial charge in [-0.2, -0.15) is 0 Å². The summed E-state index contributed by atoms with van der Waals surface area (Å²) in [6.07, 6.45) is -0.573. The number of rotatable bonds is 3. The van der Waals surface area contributed by atoms with Crippen molar-refractivity contribution < 1.29 is 14.3 Å². The molecule has 3 aromatic carbocycles. The quantitative estimate of drug-likeness (QED) is 0.531. The van der Waals surface area contributed by atoms with E-state index in [1.54, 1.807) is 5.01 Å². The maximum Gasteiger partial charge on any atom is 0.276 e. The molecule has 0 fully saturated rings. The maximum atomic E-state index is 13.3. The molecule has 3 aromatic rings. The number of para-hydroxylation sites is 1. The molecule has 34 heavy (non-hydrogen) atoms. The van der Waals surface area contributed by atoms with E-state index < -0.39 is 6.17 Å². The van der Waals surface area contributed by atoms with Crippen molar-refractivity contribution in [1.82, 2.24) is 10.3 Å². The number of thioether (sulfide) groups is 1. The van der Waals surface area contributed by atoms with Crippen LogP contribution < -0.4 is 25.4 Å². The average molecular weight is 556 g/mol. The Morgan fingerprint density at radius 1 is 1.12 bits per heavy atom. The van der Waals surface area contributed by atoms with Gasteiger partial charge in [0.1, 0.15) is 5.70 Å². The van der Waals surface area contributed by atoms with Gasteiger partial charge in [-0.05, 0) is 29.8 Å². The SMILES string of the molecule is O=C1NC(SCc2ccccc2Cl)=NN2C1=c1ccccc1=N[C@@H]2c1cc2c(cc1Br)OCO2. The van der Waals surface area contributed by atoms with Gasteiger partial charge in [-0.1, -0.05) is 75.7 Å². The van der Waals surface area contributed by atoms with Crippen molar-refractivity contribution in [3.05, 3.63) is 91.9 Å². The van der Waals surface area contributed by atoms with Gasteiger partial charge in [-0.15, -0.1) is 5.10 Å². The number of amides is 1. The van der Waals surface area contributed by atoms with E-state index in [2.05, 4.69) is 21.2 Å². The molecule has 7 nitrogen and oxygen atoms in total. The average Bonchev–Trinajstić information content (AvgIpc) is 3.29. The molecule has 0 spiro atoms. The lowest BCUT2D eigenvalue weighted by Crippen LogP contribution is -2.50. The highest BCUT2D eigenvalue weighted by atomic mass is 79.9. The van der Waals surface area contributed by atoms with Gasteiger partial charge in [-0.3, -0.25) is 15.1 Å². The number of hydrazone groups is 1. The van der Waals surface area contributed by atoms with Crippen molar-refractivity contribution in [2.45, 2.75) is 11.9 Å². The first kappa shape index (κ1) is 21.5. The van der Waals surface area contributed by atoms with E-state index in [1.807, 2.05) is 60.7 Å². The van der Waals surface area contributed by atoms with Gasteiger partial charge in [0.15, 0.2) is 22.8 Å². The molecule has 3 aliphatic heterocycles. The minimum atomic E-state index is -0.573. The first-order valence-electron chi connectivity index (χ1n) is 10.4. The van der Waals surface area contributed by atoms with E-state index in [4.69, 9.17) is 31.2 Å². The highest BCUT2D eigenvalue weighted by Crippen LogP contribution is 2.42. The number of amidine groups is 1. The second-order valence-corrected chi connectivity index (χ2v) is 9.91. The monoisotopic (exact) mass is 554 g/mol. The van der Waals surface area contributed by atoms with Crippen LogP contribution >= 0.6 is 39.3 Å². The third kappa shape index (κ3) is 3.73. The molecular weight excluding hydrogens is 540 g/mol. The molecule has 0 aliphatic carbocycles. The molecular formula is C24H16BrClN4O3S. The molecule has 0 aromatic heterocycles. The van der Waals surface area contributed by atoms with Crippen molar-refractivity contribution in [3.63, 3.8) is 0 Å². The van der Waals surface area contributed by atoms with Gasteiger partial charge in [0.05, 0.1) is 5.36 Å². The second kappa shape index (κ2) is 8.65. The molecule has 1 amide bonds. The molecule has 0 saturated heterocycles. The number of carbonyl (C=O) groups excluding carboxylic acids is 1. The Morgan fingerprint density at radius 3 is 2.74 bits per heavy atom. The van der Waals surface area contributed by atoms with Crippen LogP contribution in [0.1, 0.15) is 17.3 Å². The number of ether oxygens (including phenoxy) is 2. The lowest BCUT2D eigenvalue weighted by Gasteiger charge is -2.34. The fraction of sp³-hybridized carbons (Fsp3) is 0.125. The van der Waals surface area contributed by atoms with E-state index in [1.165, 1.54) is 11.8 Å². The Hall–Kier alpha value is -3.01. The Bertz CT molecular complexity index is 1500. The van der Waals surface area contributed by atoms with E-state index in [0.717, 1.165) is 26.2 Å². The Balaban J connectivity index is 1.44. The summed E-state index contributed by atoms with van der Waals surface area (Å²) < 4.78 is 11.9. The number of hydrogen-bond donors (Lipinski definition) is 1. The minimum absolute atomic E-state index is 0.167. The fourth-order valence-electron chi connectivity index (χ4n) is 3.99. The van der Waals surface area contributed by atoms with Crippen LogP contribution in [-0.4, -0.2) is 22.9 Å². The topological polar surface area (TPSA) is 75.5 Å². The smallest absolute Gasteiger partial charge is 0.276 e. The van der Waals surface area contributed by atoms with Crippen molar-refractivity contribution in [1.29, 1.82) is 0 Å². The molecule has 0 unspecified atom stereocenters. The first-order valence-corrected chi connectivity index (χ1v) is 12.6. The summed E-state index contributed by atoms with van der Waals surface area (Å²) in [6, 6.07) is 18.9. The number of halogens is 2. The van der Waals surface area contributed by atoms with E-state index >= 15 is 0 Å². The lowest BCUT2D eigenvalue weighted by atomic mass is 10.1. The lowest BCUT2D eigenvalue weighted by molar-refractivity contribution is -0.116. The fourth-order valence-corrected chi connectivity index (χ4v) is 5.65. The zero-order chi connectivity index (χ0) is 23.2. The summed E-state index contributed by atoms with van der Waals surface area (Å²) in [5.41, 5.74) is 2.22. The number of fused-ring (bicyclic) bond motifs is 3. The van der Waals surface area contributed by atoms with Crippen LogP contribution in [0, 0.1) is 0 Å². The van der Waals surface area contributed by atoms with Crippen molar-refractivity contribution in [2.75, 3.05) is 6.79 Å². The van der Waals surface area contributed by atoms with Gasteiger partial charge in [-0.25, -0.2) is 5.01 Å². The highest BCUT2D eigenvalue weighted by Gasteiger charge is 2.36. The second-order valence-electron chi connectivity index (χ2n) is 7.68. The number of nitrogens with one attached hydrogen (secondary N) is 1. The summed E-state index contributed by atoms with van der Waals surface area (Å²) in [5, 5.41) is 12.0. The number of nitrogens with zero attached hydrogens (tertiary/aromatic N) is 3. The van der Waals surface area contributed by atoms with Crippen LogP contribution in [0.3, 0.4) is 0 Å². The summed E-state index contributed by atoms with van der Waals surface area (Å²) in [7, 11) is 0. The third-order valence-electron chi connectivity index (χ3n) is 5.61. The van der Waals surface area contributed by atoms with Gasteiger partial charge in [0.25, 0.3) is 5.91 Å². The molecule has 3 aliphatic rings. The van der Waals surface area contributed by atoms with E-state index in [9.17, 15) is 4.79 Å².